The molecule has 140 valence electrons. The molecule has 0 fully saturated rings. The number of furan rings is 1. The first-order valence-electron chi connectivity index (χ1n) is 8.17. The predicted molar refractivity (Wildman–Crippen MR) is 102 cm³/mol. The summed E-state index contributed by atoms with van der Waals surface area (Å²) in [6.45, 7) is 2.12. The van der Waals surface area contributed by atoms with Gasteiger partial charge in [0.15, 0.2) is 0 Å². The molecular weight excluding hydrogens is 416 g/mol. The number of methoxy groups -OCH3 is 1. The Kier molecular flexibility index (Phi) is 5.93. The molecule has 0 amide bonds. The molecule has 0 aliphatic heterocycles. The van der Waals surface area contributed by atoms with Crippen molar-refractivity contribution in [1.29, 1.82) is 0 Å². The van der Waals surface area contributed by atoms with Crippen molar-refractivity contribution in [3.63, 3.8) is 0 Å². The van der Waals surface area contributed by atoms with E-state index in [0.717, 1.165) is 0 Å². The van der Waals surface area contributed by atoms with Gasteiger partial charge in [0.1, 0.15) is 29.3 Å². The van der Waals surface area contributed by atoms with Crippen LogP contribution in [-0.2, 0) is 9.47 Å². The minimum atomic E-state index is -0.516. The van der Waals surface area contributed by atoms with Gasteiger partial charge >= 0.3 is 11.9 Å². The normalized spacial score (nSPS) is 10.8. The molecule has 1 aromatic heterocycles. The summed E-state index contributed by atoms with van der Waals surface area (Å²) in [5.41, 5.74) is 1.21. The van der Waals surface area contributed by atoms with Crippen LogP contribution in [0.2, 0.25) is 0 Å². The van der Waals surface area contributed by atoms with Crippen LogP contribution in [0.1, 0.15) is 26.5 Å². The molecule has 27 heavy (non-hydrogen) atoms. The predicted octanol–water partition coefficient (Wildman–Crippen LogP) is 4.53. The molecule has 3 rings (SSSR count). The zero-order valence-electron chi connectivity index (χ0n) is 14.8. The molecule has 0 saturated heterocycles. The highest BCUT2D eigenvalue weighted by Crippen LogP contribution is 2.30. The molecular formula is C20H17BrO6. The third-order valence-electron chi connectivity index (χ3n) is 3.86. The molecule has 0 bridgehead atoms. The number of aryl methyl sites for hydroxylation is 1. The Morgan fingerprint density at radius 2 is 1.85 bits per heavy atom. The fourth-order valence-corrected chi connectivity index (χ4v) is 3.04. The number of ether oxygens (including phenoxy) is 3. The second-order valence-electron chi connectivity index (χ2n) is 5.69. The zero-order valence-corrected chi connectivity index (χ0v) is 16.4. The van der Waals surface area contributed by atoms with Crippen molar-refractivity contribution in [2.45, 2.75) is 6.92 Å². The van der Waals surface area contributed by atoms with E-state index in [-0.39, 0.29) is 6.61 Å². The Labute approximate surface area is 164 Å². The van der Waals surface area contributed by atoms with Crippen LogP contribution in [0.3, 0.4) is 0 Å². The molecule has 0 spiro atoms. The minimum absolute atomic E-state index is 0.137. The number of carbonyl (C=O) groups is 2. The molecule has 0 aliphatic carbocycles. The second kappa shape index (κ2) is 8.37. The van der Waals surface area contributed by atoms with Gasteiger partial charge in [-0.25, -0.2) is 9.59 Å². The smallest absolute Gasteiger partial charge is 0.344 e. The summed E-state index contributed by atoms with van der Waals surface area (Å²) in [6.07, 6.45) is 0. The van der Waals surface area contributed by atoms with E-state index in [1.54, 1.807) is 43.3 Å². The van der Waals surface area contributed by atoms with E-state index in [0.29, 0.717) is 44.7 Å². The zero-order chi connectivity index (χ0) is 19.4. The summed E-state index contributed by atoms with van der Waals surface area (Å²) in [5, 5.41) is 0.521. The standard InChI is InChI=1S/C20H17BrO6/c1-12-18(20(23)25-10-9-24-2)15-11-13(7-8-17(15)26-12)27-19(22)14-5-3-4-6-16(14)21/h3-8,11H,9-10H2,1-2H3. The Morgan fingerprint density at radius 1 is 1.07 bits per heavy atom. The lowest BCUT2D eigenvalue weighted by Crippen LogP contribution is -2.11. The number of hydrogen-bond donors (Lipinski definition) is 0. The first-order chi connectivity index (χ1) is 13.0. The molecule has 0 atom stereocenters. The lowest BCUT2D eigenvalue weighted by molar-refractivity contribution is 0.0388. The first kappa shape index (κ1) is 19.1. The molecule has 0 saturated carbocycles. The van der Waals surface area contributed by atoms with E-state index >= 15 is 0 Å². The monoisotopic (exact) mass is 432 g/mol. The Bertz CT molecular complexity index is 991. The van der Waals surface area contributed by atoms with Crippen LogP contribution in [0.15, 0.2) is 51.4 Å². The van der Waals surface area contributed by atoms with Crippen molar-refractivity contribution < 1.29 is 28.2 Å². The van der Waals surface area contributed by atoms with E-state index in [4.69, 9.17) is 18.6 Å². The van der Waals surface area contributed by atoms with Crippen molar-refractivity contribution in [2.75, 3.05) is 20.3 Å². The van der Waals surface area contributed by atoms with Crippen LogP contribution in [0.25, 0.3) is 11.0 Å². The van der Waals surface area contributed by atoms with Crippen molar-refractivity contribution >= 4 is 38.8 Å². The molecule has 0 radical (unpaired) electrons. The fraction of sp³-hybridized carbons (Fsp3) is 0.200. The summed E-state index contributed by atoms with van der Waals surface area (Å²) in [4.78, 5) is 24.8. The Hall–Kier alpha value is -2.64. The maximum absolute atomic E-state index is 12.4. The summed E-state index contributed by atoms with van der Waals surface area (Å²) >= 11 is 3.33. The molecule has 6 nitrogen and oxygen atoms in total. The maximum Gasteiger partial charge on any atom is 0.344 e. The molecule has 1 heterocycles. The van der Waals surface area contributed by atoms with Gasteiger partial charge in [-0.3, -0.25) is 0 Å². The van der Waals surface area contributed by atoms with Gasteiger partial charge in [-0.2, -0.15) is 0 Å². The van der Waals surface area contributed by atoms with Crippen LogP contribution >= 0.6 is 15.9 Å². The summed E-state index contributed by atoms with van der Waals surface area (Å²) in [5.74, 6) is -0.291. The molecule has 3 aromatic rings. The topological polar surface area (TPSA) is 75.0 Å². The van der Waals surface area contributed by atoms with E-state index in [9.17, 15) is 9.59 Å². The molecule has 7 heteroatoms. The van der Waals surface area contributed by atoms with Gasteiger partial charge in [0.2, 0.25) is 0 Å². The molecule has 0 aliphatic rings. The van der Waals surface area contributed by atoms with Gasteiger partial charge in [0.05, 0.1) is 12.2 Å². The summed E-state index contributed by atoms with van der Waals surface area (Å²) in [6, 6.07) is 11.8. The van der Waals surface area contributed by atoms with Gasteiger partial charge in [-0.1, -0.05) is 12.1 Å². The quantitative estimate of drug-likeness (QED) is 0.323. The maximum atomic E-state index is 12.4. The lowest BCUT2D eigenvalue weighted by Gasteiger charge is -2.06. The second-order valence-corrected chi connectivity index (χ2v) is 6.54. The number of esters is 2. The Balaban J connectivity index is 1.88. The van der Waals surface area contributed by atoms with E-state index in [1.165, 1.54) is 7.11 Å². The highest BCUT2D eigenvalue weighted by molar-refractivity contribution is 9.10. The van der Waals surface area contributed by atoms with Gasteiger partial charge in [-0.05, 0) is 53.2 Å². The van der Waals surface area contributed by atoms with Gasteiger partial charge < -0.3 is 18.6 Å². The molecule has 2 aromatic carbocycles. The molecule has 0 unspecified atom stereocenters. The van der Waals surface area contributed by atoms with E-state index in [2.05, 4.69) is 15.9 Å². The summed E-state index contributed by atoms with van der Waals surface area (Å²) in [7, 11) is 1.53. The first-order valence-corrected chi connectivity index (χ1v) is 8.96. The third kappa shape index (κ3) is 4.20. The lowest BCUT2D eigenvalue weighted by atomic mass is 10.1. The van der Waals surface area contributed by atoms with Crippen molar-refractivity contribution in [3.8, 4) is 5.75 Å². The minimum Gasteiger partial charge on any atom is -0.460 e. The van der Waals surface area contributed by atoms with E-state index < -0.39 is 11.9 Å². The van der Waals surface area contributed by atoms with Crippen LogP contribution in [0.4, 0.5) is 0 Å². The van der Waals surface area contributed by atoms with Gasteiger partial charge in [0, 0.05) is 17.0 Å². The fourth-order valence-electron chi connectivity index (χ4n) is 2.59. The van der Waals surface area contributed by atoms with Crippen LogP contribution in [-0.4, -0.2) is 32.3 Å². The number of carbonyl (C=O) groups excluding carboxylic acids is 2. The highest BCUT2D eigenvalue weighted by Gasteiger charge is 2.21. The SMILES string of the molecule is COCCOC(=O)c1c(C)oc2ccc(OC(=O)c3ccccc3Br)cc12. The van der Waals surface area contributed by atoms with Gasteiger partial charge in [0.25, 0.3) is 0 Å². The van der Waals surface area contributed by atoms with Crippen molar-refractivity contribution in [1.82, 2.24) is 0 Å². The number of benzene rings is 2. The number of rotatable bonds is 6. The molecule has 0 N–H and O–H groups in total. The van der Waals surface area contributed by atoms with Crippen molar-refractivity contribution in [3.05, 3.63) is 63.8 Å². The third-order valence-corrected chi connectivity index (χ3v) is 4.56. The van der Waals surface area contributed by atoms with Crippen LogP contribution in [0.5, 0.6) is 5.75 Å². The van der Waals surface area contributed by atoms with Gasteiger partial charge in [-0.15, -0.1) is 0 Å². The number of halogens is 1. The van der Waals surface area contributed by atoms with Crippen molar-refractivity contribution in [2.24, 2.45) is 0 Å². The van der Waals surface area contributed by atoms with E-state index in [1.807, 2.05) is 6.07 Å². The number of hydrogen-bond acceptors (Lipinski definition) is 6. The average molecular weight is 433 g/mol. The van der Waals surface area contributed by atoms with Crippen LogP contribution in [0, 0.1) is 6.92 Å². The number of fused-ring (bicyclic) bond motifs is 1. The highest BCUT2D eigenvalue weighted by atomic mass is 79.9. The Morgan fingerprint density at radius 3 is 2.59 bits per heavy atom. The van der Waals surface area contributed by atoms with Crippen LogP contribution < -0.4 is 4.74 Å². The average Bonchev–Trinajstić information content (AvgIpc) is 2.97. The largest absolute Gasteiger partial charge is 0.460 e. The summed E-state index contributed by atoms with van der Waals surface area (Å²) < 4.78 is 21.8.